The molecule has 0 aliphatic rings. The van der Waals surface area contributed by atoms with Crippen molar-refractivity contribution in [2.45, 2.75) is 6.54 Å². The highest BCUT2D eigenvalue weighted by Crippen LogP contribution is 2.16. The molecule has 1 aromatic carbocycles. The van der Waals surface area contributed by atoms with Crippen LogP contribution in [0, 0.1) is 0 Å². The standard InChI is InChI=1S/C13H12BrN3O3/c1-20-10-4-2-3-9(5-10)16-12(18)7-17-8-15-6-11(14)13(17)19/h2-6,8H,7H2,1H3,(H,16,18). The first-order valence-corrected chi connectivity index (χ1v) is 6.53. The van der Waals surface area contributed by atoms with E-state index in [2.05, 4.69) is 26.2 Å². The maximum atomic E-state index is 11.9. The Labute approximate surface area is 123 Å². The van der Waals surface area contributed by atoms with Gasteiger partial charge in [0.1, 0.15) is 16.8 Å². The minimum absolute atomic E-state index is 0.109. The third-order valence-corrected chi connectivity index (χ3v) is 3.07. The summed E-state index contributed by atoms with van der Waals surface area (Å²) in [6.07, 6.45) is 2.71. The van der Waals surface area contributed by atoms with E-state index >= 15 is 0 Å². The monoisotopic (exact) mass is 337 g/mol. The van der Waals surface area contributed by atoms with Crippen LogP contribution in [0.1, 0.15) is 0 Å². The lowest BCUT2D eigenvalue weighted by Gasteiger charge is -2.08. The lowest BCUT2D eigenvalue weighted by molar-refractivity contribution is -0.116. The lowest BCUT2D eigenvalue weighted by atomic mass is 10.3. The SMILES string of the molecule is COc1cccc(NC(=O)Cn2cncc(Br)c2=O)c1. The maximum Gasteiger partial charge on any atom is 0.268 e. The van der Waals surface area contributed by atoms with Gasteiger partial charge in [0.15, 0.2) is 0 Å². The number of carbonyl (C=O) groups excluding carboxylic acids is 1. The number of aromatic nitrogens is 2. The molecule has 6 nitrogen and oxygen atoms in total. The molecular formula is C13H12BrN3O3. The molecule has 0 saturated carbocycles. The van der Waals surface area contributed by atoms with Gasteiger partial charge in [0.2, 0.25) is 5.91 Å². The molecule has 0 fully saturated rings. The number of ether oxygens (including phenoxy) is 1. The van der Waals surface area contributed by atoms with E-state index in [1.807, 2.05) is 0 Å². The predicted molar refractivity (Wildman–Crippen MR) is 77.8 cm³/mol. The molecule has 0 atom stereocenters. The number of anilines is 1. The third-order valence-electron chi connectivity index (χ3n) is 2.53. The number of hydrogen-bond donors (Lipinski definition) is 1. The number of halogens is 1. The van der Waals surface area contributed by atoms with Gasteiger partial charge in [-0.2, -0.15) is 0 Å². The molecule has 0 aliphatic carbocycles. The molecule has 0 unspecified atom stereocenters. The van der Waals surface area contributed by atoms with Crippen LogP contribution in [-0.2, 0) is 11.3 Å². The highest BCUT2D eigenvalue weighted by Gasteiger charge is 2.07. The van der Waals surface area contributed by atoms with Gasteiger partial charge >= 0.3 is 0 Å². The molecule has 2 rings (SSSR count). The van der Waals surface area contributed by atoms with Crippen molar-refractivity contribution in [1.29, 1.82) is 0 Å². The van der Waals surface area contributed by atoms with Gasteiger partial charge in [-0.1, -0.05) is 6.07 Å². The summed E-state index contributed by atoms with van der Waals surface area (Å²) >= 11 is 3.08. The fraction of sp³-hybridized carbons (Fsp3) is 0.154. The molecule has 0 spiro atoms. The van der Waals surface area contributed by atoms with Gasteiger partial charge in [0.05, 0.1) is 13.4 Å². The zero-order valence-corrected chi connectivity index (χ0v) is 12.3. The first-order chi connectivity index (χ1) is 9.60. The zero-order valence-electron chi connectivity index (χ0n) is 10.7. The molecule has 7 heteroatoms. The van der Waals surface area contributed by atoms with Crippen molar-refractivity contribution < 1.29 is 9.53 Å². The molecule has 1 aromatic heterocycles. The predicted octanol–water partition coefficient (Wildman–Crippen LogP) is 1.65. The summed E-state index contributed by atoms with van der Waals surface area (Å²) < 4.78 is 6.60. The molecule has 1 heterocycles. The van der Waals surface area contributed by atoms with Crippen molar-refractivity contribution in [2.75, 3.05) is 12.4 Å². The van der Waals surface area contributed by atoms with E-state index in [-0.39, 0.29) is 18.0 Å². The van der Waals surface area contributed by atoms with Crippen LogP contribution in [0.5, 0.6) is 5.75 Å². The number of benzene rings is 1. The van der Waals surface area contributed by atoms with E-state index in [0.717, 1.165) is 0 Å². The molecule has 20 heavy (non-hydrogen) atoms. The maximum absolute atomic E-state index is 11.9. The van der Waals surface area contributed by atoms with E-state index in [0.29, 0.717) is 15.9 Å². The van der Waals surface area contributed by atoms with Gasteiger partial charge in [-0.3, -0.25) is 14.2 Å². The first-order valence-electron chi connectivity index (χ1n) is 5.74. The van der Waals surface area contributed by atoms with Crippen LogP contribution < -0.4 is 15.6 Å². The summed E-state index contributed by atoms with van der Waals surface area (Å²) in [5.41, 5.74) is 0.297. The van der Waals surface area contributed by atoms with Gasteiger partial charge in [0.25, 0.3) is 5.56 Å². The number of methoxy groups -OCH3 is 1. The Morgan fingerprint density at radius 3 is 3.05 bits per heavy atom. The van der Waals surface area contributed by atoms with Crippen LogP contribution in [0.2, 0.25) is 0 Å². The summed E-state index contributed by atoms with van der Waals surface area (Å²) in [4.78, 5) is 27.5. The van der Waals surface area contributed by atoms with Crippen LogP contribution in [0.4, 0.5) is 5.69 Å². The second-order valence-corrected chi connectivity index (χ2v) is 4.81. The molecule has 0 bridgehead atoms. The van der Waals surface area contributed by atoms with E-state index < -0.39 is 0 Å². The van der Waals surface area contributed by atoms with E-state index in [1.54, 1.807) is 31.4 Å². The van der Waals surface area contributed by atoms with Crippen molar-refractivity contribution in [3.05, 3.63) is 51.6 Å². The van der Waals surface area contributed by atoms with Crippen LogP contribution in [0.3, 0.4) is 0 Å². The Bertz CT molecular complexity index is 685. The van der Waals surface area contributed by atoms with Gasteiger partial charge < -0.3 is 10.1 Å². The minimum Gasteiger partial charge on any atom is -0.497 e. The molecule has 104 valence electrons. The summed E-state index contributed by atoms with van der Waals surface area (Å²) in [6.45, 7) is -0.109. The smallest absolute Gasteiger partial charge is 0.268 e. The highest BCUT2D eigenvalue weighted by atomic mass is 79.9. The molecule has 1 N–H and O–H groups in total. The summed E-state index contributed by atoms with van der Waals surface area (Å²) in [5.74, 6) is 0.323. The average Bonchev–Trinajstić information content (AvgIpc) is 2.44. The normalized spacial score (nSPS) is 10.1. The Balaban J connectivity index is 2.09. The molecular weight excluding hydrogens is 326 g/mol. The highest BCUT2D eigenvalue weighted by molar-refractivity contribution is 9.10. The molecule has 2 aromatic rings. The summed E-state index contributed by atoms with van der Waals surface area (Å²) in [6, 6.07) is 6.97. The Kier molecular flexibility index (Phi) is 4.52. The van der Waals surface area contributed by atoms with Crippen LogP contribution >= 0.6 is 15.9 Å². The fourth-order valence-corrected chi connectivity index (χ4v) is 1.94. The number of nitrogens with zero attached hydrogens (tertiary/aromatic N) is 2. The van der Waals surface area contributed by atoms with Crippen molar-refractivity contribution in [3.8, 4) is 5.75 Å². The Morgan fingerprint density at radius 2 is 2.30 bits per heavy atom. The second-order valence-electron chi connectivity index (χ2n) is 3.95. The average molecular weight is 338 g/mol. The van der Waals surface area contributed by atoms with Crippen LogP contribution in [0.25, 0.3) is 0 Å². The van der Waals surface area contributed by atoms with Crippen molar-refractivity contribution in [3.63, 3.8) is 0 Å². The molecule has 0 radical (unpaired) electrons. The van der Waals surface area contributed by atoms with Gasteiger partial charge in [-0.25, -0.2) is 4.98 Å². The number of rotatable bonds is 4. The van der Waals surface area contributed by atoms with E-state index in [1.165, 1.54) is 17.1 Å². The van der Waals surface area contributed by atoms with E-state index in [4.69, 9.17) is 4.74 Å². The molecule has 0 saturated heterocycles. The minimum atomic E-state index is -0.319. The van der Waals surface area contributed by atoms with Crippen molar-refractivity contribution in [2.24, 2.45) is 0 Å². The largest absolute Gasteiger partial charge is 0.497 e. The topological polar surface area (TPSA) is 73.2 Å². The summed E-state index contributed by atoms with van der Waals surface area (Å²) in [5, 5.41) is 2.69. The van der Waals surface area contributed by atoms with Crippen molar-refractivity contribution in [1.82, 2.24) is 9.55 Å². The van der Waals surface area contributed by atoms with E-state index in [9.17, 15) is 9.59 Å². The van der Waals surface area contributed by atoms with Crippen LogP contribution in [0.15, 0.2) is 46.1 Å². The van der Waals surface area contributed by atoms with Gasteiger partial charge in [0, 0.05) is 18.0 Å². The number of carbonyl (C=O) groups is 1. The van der Waals surface area contributed by atoms with Gasteiger partial charge in [-0.05, 0) is 28.1 Å². The molecule has 1 amide bonds. The Morgan fingerprint density at radius 1 is 1.50 bits per heavy atom. The first kappa shape index (κ1) is 14.3. The second kappa shape index (κ2) is 6.33. The van der Waals surface area contributed by atoms with Crippen LogP contribution in [-0.4, -0.2) is 22.6 Å². The Hall–Kier alpha value is -2.15. The quantitative estimate of drug-likeness (QED) is 0.920. The fourth-order valence-electron chi connectivity index (χ4n) is 1.59. The number of amides is 1. The lowest BCUT2D eigenvalue weighted by Crippen LogP contribution is -2.28. The number of nitrogens with one attached hydrogen (secondary N) is 1. The van der Waals surface area contributed by atoms with Crippen molar-refractivity contribution >= 4 is 27.5 Å². The third kappa shape index (κ3) is 3.45. The zero-order chi connectivity index (χ0) is 14.5. The molecule has 0 aliphatic heterocycles. The van der Waals surface area contributed by atoms with Gasteiger partial charge in [-0.15, -0.1) is 0 Å². The number of hydrogen-bond acceptors (Lipinski definition) is 4. The summed E-state index contributed by atoms with van der Waals surface area (Å²) in [7, 11) is 1.55.